The van der Waals surface area contributed by atoms with E-state index in [-0.39, 0.29) is 5.91 Å². The molecule has 0 bridgehead atoms. The van der Waals surface area contributed by atoms with Crippen molar-refractivity contribution in [1.82, 2.24) is 10.2 Å². The van der Waals surface area contributed by atoms with Crippen LogP contribution in [0.25, 0.3) is 0 Å². The first-order valence-electron chi connectivity index (χ1n) is 5.92. The number of hydrogen-bond donors (Lipinski definition) is 1. The number of benzene rings is 1. The zero-order valence-corrected chi connectivity index (χ0v) is 11.3. The first-order valence-corrected chi connectivity index (χ1v) is 6.84. The summed E-state index contributed by atoms with van der Waals surface area (Å²) in [6, 6.07) is 10.3. The summed E-state index contributed by atoms with van der Waals surface area (Å²) in [4.78, 5) is 13.8. The molecule has 0 saturated carbocycles. The summed E-state index contributed by atoms with van der Waals surface area (Å²) in [5.74, 6) is 0.258. The molecule has 92 valence electrons. The molecule has 1 aromatic carbocycles. The predicted octanol–water partition coefficient (Wildman–Crippen LogP) is 1.77. The average molecular weight is 297 g/mol. The molecule has 1 heterocycles. The fourth-order valence-corrected chi connectivity index (χ4v) is 2.61. The van der Waals surface area contributed by atoms with E-state index in [1.54, 1.807) is 0 Å². The van der Waals surface area contributed by atoms with Crippen LogP contribution < -0.4 is 5.32 Å². The molecule has 0 spiro atoms. The number of nitrogens with one attached hydrogen (secondary N) is 1. The van der Waals surface area contributed by atoms with Crippen LogP contribution in [0.1, 0.15) is 12.0 Å². The molecule has 0 aliphatic carbocycles. The molecular weight excluding hydrogens is 280 g/mol. The van der Waals surface area contributed by atoms with Crippen LogP contribution in [0.2, 0.25) is 0 Å². The minimum absolute atomic E-state index is 0.258. The molecular formula is C13H17BrN2O. The third-order valence-electron chi connectivity index (χ3n) is 2.90. The van der Waals surface area contributed by atoms with E-state index in [9.17, 15) is 4.79 Å². The Morgan fingerprint density at radius 2 is 2.12 bits per heavy atom. The topological polar surface area (TPSA) is 32.3 Å². The molecule has 1 N–H and O–H groups in total. The van der Waals surface area contributed by atoms with Gasteiger partial charge in [0.1, 0.15) is 0 Å². The lowest BCUT2D eigenvalue weighted by molar-refractivity contribution is -0.127. The van der Waals surface area contributed by atoms with Crippen LogP contribution in [-0.4, -0.2) is 35.3 Å². The van der Waals surface area contributed by atoms with Crippen LogP contribution in [0, 0.1) is 0 Å². The van der Waals surface area contributed by atoms with E-state index in [1.807, 2.05) is 23.1 Å². The van der Waals surface area contributed by atoms with Crippen molar-refractivity contribution >= 4 is 21.8 Å². The van der Waals surface area contributed by atoms with Crippen molar-refractivity contribution in [1.29, 1.82) is 0 Å². The van der Waals surface area contributed by atoms with Gasteiger partial charge in [0.15, 0.2) is 0 Å². The first-order chi connectivity index (χ1) is 8.25. The Hall–Kier alpha value is -0.870. The summed E-state index contributed by atoms with van der Waals surface area (Å²) < 4.78 is 0. The zero-order chi connectivity index (χ0) is 12.1. The van der Waals surface area contributed by atoms with Crippen LogP contribution in [-0.2, 0) is 11.3 Å². The summed E-state index contributed by atoms with van der Waals surface area (Å²) in [6.45, 7) is 3.35. The molecule has 1 saturated heterocycles. The van der Waals surface area contributed by atoms with Gasteiger partial charge in [-0.25, -0.2) is 0 Å². The summed E-state index contributed by atoms with van der Waals surface area (Å²) in [6.07, 6.45) is 0.638. The number of nitrogens with zero attached hydrogens (tertiary/aromatic N) is 1. The van der Waals surface area contributed by atoms with Gasteiger partial charge in [-0.15, -0.1) is 0 Å². The van der Waals surface area contributed by atoms with Gasteiger partial charge < -0.3 is 10.2 Å². The highest BCUT2D eigenvalue weighted by Gasteiger charge is 2.26. The quantitative estimate of drug-likeness (QED) is 0.663. The highest BCUT2D eigenvalue weighted by Crippen LogP contribution is 2.17. The number of hydrogen-bond acceptors (Lipinski definition) is 2. The van der Waals surface area contributed by atoms with Crippen LogP contribution in [0.4, 0.5) is 0 Å². The Morgan fingerprint density at radius 3 is 2.76 bits per heavy atom. The van der Waals surface area contributed by atoms with Crippen molar-refractivity contribution in [2.45, 2.75) is 17.8 Å². The first kappa shape index (κ1) is 12.6. The van der Waals surface area contributed by atoms with Gasteiger partial charge in [-0.05, 0) is 5.56 Å². The van der Waals surface area contributed by atoms with Gasteiger partial charge >= 0.3 is 0 Å². The van der Waals surface area contributed by atoms with Crippen molar-refractivity contribution in [3.63, 3.8) is 0 Å². The lowest BCUT2D eigenvalue weighted by atomic mass is 10.2. The number of carbonyl (C=O) groups excluding carboxylic acids is 1. The van der Waals surface area contributed by atoms with Crippen LogP contribution in [0.5, 0.6) is 0 Å². The number of likely N-dealkylation sites (tertiary alicyclic amines) is 1. The number of halogens is 1. The van der Waals surface area contributed by atoms with Gasteiger partial charge in [0, 0.05) is 37.4 Å². The number of carbonyl (C=O) groups is 1. The van der Waals surface area contributed by atoms with Crippen molar-refractivity contribution in [2.75, 3.05) is 19.6 Å². The third-order valence-corrected chi connectivity index (χ3v) is 3.51. The van der Waals surface area contributed by atoms with Gasteiger partial charge in [0.25, 0.3) is 0 Å². The van der Waals surface area contributed by atoms with E-state index >= 15 is 0 Å². The second-order valence-corrected chi connectivity index (χ2v) is 5.60. The maximum atomic E-state index is 11.5. The van der Waals surface area contributed by atoms with E-state index in [2.05, 4.69) is 33.4 Å². The van der Waals surface area contributed by atoms with E-state index in [0.717, 1.165) is 26.2 Å². The Bertz CT molecular complexity index is 369. The molecule has 3 nitrogen and oxygen atoms in total. The highest BCUT2D eigenvalue weighted by atomic mass is 79.9. The number of alkyl halides is 1. The summed E-state index contributed by atoms with van der Waals surface area (Å²) in [5.41, 5.74) is 1.28. The SMILES string of the molecule is O=C1CC(Br)CN1CCNCc1ccccc1. The van der Waals surface area contributed by atoms with Crippen LogP contribution in [0.15, 0.2) is 30.3 Å². The van der Waals surface area contributed by atoms with Gasteiger partial charge in [0.2, 0.25) is 5.91 Å². The molecule has 1 unspecified atom stereocenters. The predicted molar refractivity (Wildman–Crippen MR) is 72.1 cm³/mol. The standard InChI is InChI=1S/C13H17BrN2O/c14-12-8-13(17)16(10-12)7-6-15-9-11-4-2-1-3-5-11/h1-5,12,15H,6-10H2. The molecule has 1 aromatic rings. The Morgan fingerprint density at radius 1 is 1.35 bits per heavy atom. The molecule has 1 amide bonds. The maximum absolute atomic E-state index is 11.5. The largest absolute Gasteiger partial charge is 0.340 e. The van der Waals surface area contributed by atoms with E-state index < -0.39 is 0 Å². The molecule has 0 aromatic heterocycles. The molecule has 17 heavy (non-hydrogen) atoms. The second kappa shape index (κ2) is 6.17. The molecule has 1 aliphatic rings. The fraction of sp³-hybridized carbons (Fsp3) is 0.462. The van der Waals surface area contributed by atoms with Gasteiger partial charge in [-0.2, -0.15) is 0 Å². The fourth-order valence-electron chi connectivity index (χ4n) is 1.98. The highest BCUT2D eigenvalue weighted by molar-refractivity contribution is 9.09. The summed E-state index contributed by atoms with van der Waals surface area (Å²) in [5, 5.41) is 3.35. The van der Waals surface area contributed by atoms with Gasteiger partial charge in [-0.1, -0.05) is 46.3 Å². The third kappa shape index (κ3) is 3.82. The van der Waals surface area contributed by atoms with Crippen LogP contribution in [0.3, 0.4) is 0 Å². The molecule has 2 rings (SSSR count). The Labute approximate surface area is 110 Å². The zero-order valence-electron chi connectivity index (χ0n) is 9.73. The molecule has 4 heteroatoms. The molecule has 1 aliphatic heterocycles. The smallest absolute Gasteiger partial charge is 0.223 e. The molecule has 1 fully saturated rings. The Balaban J connectivity index is 1.65. The van der Waals surface area contributed by atoms with Crippen LogP contribution >= 0.6 is 15.9 Å². The lowest BCUT2D eigenvalue weighted by Crippen LogP contribution is -2.33. The minimum atomic E-state index is 0.258. The number of rotatable bonds is 5. The van der Waals surface area contributed by atoms with Gasteiger partial charge in [-0.3, -0.25) is 4.79 Å². The molecule has 1 atom stereocenters. The Kier molecular flexibility index (Phi) is 4.57. The van der Waals surface area contributed by atoms with Crippen molar-refractivity contribution in [3.8, 4) is 0 Å². The normalized spacial score (nSPS) is 19.9. The van der Waals surface area contributed by atoms with Gasteiger partial charge in [0.05, 0.1) is 0 Å². The number of amides is 1. The van der Waals surface area contributed by atoms with Crippen molar-refractivity contribution < 1.29 is 4.79 Å². The van der Waals surface area contributed by atoms with E-state index in [1.165, 1.54) is 5.56 Å². The maximum Gasteiger partial charge on any atom is 0.223 e. The summed E-state index contributed by atoms with van der Waals surface area (Å²) >= 11 is 3.48. The molecule has 0 radical (unpaired) electrons. The van der Waals surface area contributed by atoms with E-state index in [0.29, 0.717) is 11.2 Å². The minimum Gasteiger partial charge on any atom is -0.340 e. The van der Waals surface area contributed by atoms with Crippen molar-refractivity contribution in [2.24, 2.45) is 0 Å². The lowest BCUT2D eigenvalue weighted by Gasteiger charge is -2.16. The summed E-state index contributed by atoms with van der Waals surface area (Å²) in [7, 11) is 0. The van der Waals surface area contributed by atoms with E-state index in [4.69, 9.17) is 0 Å². The monoisotopic (exact) mass is 296 g/mol. The van der Waals surface area contributed by atoms with Crippen molar-refractivity contribution in [3.05, 3.63) is 35.9 Å². The second-order valence-electron chi connectivity index (χ2n) is 4.30. The average Bonchev–Trinajstić information content (AvgIpc) is 2.65.